The summed E-state index contributed by atoms with van der Waals surface area (Å²) in [6, 6.07) is 14.0. The van der Waals surface area contributed by atoms with Gasteiger partial charge in [0.1, 0.15) is 0 Å². The molecule has 0 unspecified atom stereocenters. The average molecular weight is 525 g/mol. The normalized spacial score (nSPS) is 10.7. The van der Waals surface area contributed by atoms with Crippen LogP contribution in [-0.4, -0.2) is 36.2 Å². The highest BCUT2D eigenvalue weighted by atomic mass is 35.5. The van der Waals surface area contributed by atoms with Crippen LogP contribution in [0.1, 0.15) is 34.0 Å². The number of anilines is 1. The smallest absolute Gasteiger partial charge is 0.271 e. The van der Waals surface area contributed by atoms with Gasteiger partial charge in [0.2, 0.25) is 0 Å². The Morgan fingerprint density at radius 1 is 1.11 bits per heavy atom. The van der Waals surface area contributed by atoms with E-state index in [1.807, 2.05) is 32.0 Å². The third kappa shape index (κ3) is 7.28. The first-order valence-electron chi connectivity index (χ1n) is 11.2. The standard InChI is InChI=1S/C26H25ClN4O6/c1-4-36-23-12-18(14-28-30-26(33)19-8-6-9-20(13-19)31(34)35)11-21(27)25(23)37-15-24(32)29-22-10-5-7-16(2)17(22)3/h5-14H,4,15H2,1-3H3,(H,29,32)(H,30,33)/b28-14+. The third-order valence-corrected chi connectivity index (χ3v) is 5.54. The number of hydrazone groups is 1. The van der Waals surface area contributed by atoms with Gasteiger partial charge in [-0.15, -0.1) is 0 Å². The lowest BCUT2D eigenvalue weighted by Gasteiger charge is -2.15. The number of non-ortho nitro benzene ring substituents is 1. The van der Waals surface area contributed by atoms with Crippen molar-refractivity contribution in [3.05, 3.63) is 92.0 Å². The topological polar surface area (TPSA) is 132 Å². The Kier molecular flexibility index (Phi) is 9.17. The molecule has 0 radical (unpaired) electrons. The van der Waals surface area contributed by atoms with Gasteiger partial charge in [-0.05, 0) is 61.7 Å². The summed E-state index contributed by atoms with van der Waals surface area (Å²) in [6.45, 7) is 5.68. The third-order valence-electron chi connectivity index (χ3n) is 5.26. The lowest BCUT2D eigenvalue weighted by molar-refractivity contribution is -0.384. The predicted octanol–water partition coefficient (Wildman–Crippen LogP) is 5.05. The summed E-state index contributed by atoms with van der Waals surface area (Å²) in [5.41, 5.74) is 5.39. The predicted molar refractivity (Wildman–Crippen MR) is 141 cm³/mol. The number of nitrogens with one attached hydrogen (secondary N) is 2. The van der Waals surface area contributed by atoms with Crippen LogP contribution in [0.2, 0.25) is 5.02 Å². The number of rotatable bonds is 10. The molecule has 0 spiro atoms. The summed E-state index contributed by atoms with van der Waals surface area (Å²) in [7, 11) is 0. The maximum atomic E-state index is 12.5. The molecule has 3 aromatic rings. The lowest BCUT2D eigenvalue weighted by Crippen LogP contribution is -2.21. The second-order valence-corrected chi connectivity index (χ2v) is 8.26. The highest BCUT2D eigenvalue weighted by Gasteiger charge is 2.15. The highest BCUT2D eigenvalue weighted by molar-refractivity contribution is 6.32. The van der Waals surface area contributed by atoms with Crippen molar-refractivity contribution < 1.29 is 24.0 Å². The summed E-state index contributed by atoms with van der Waals surface area (Å²) < 4.78 is 11.3. The first kappa shape index (κ1) is 27.2. The molecule has 2 amide bonds. The number of carbonyl (C=O) groups excluding carboxylic acids is 2. The van der Waals surface area contributed by atoms with Crippen LogP contribution in [0.3, 0.4) is 0 Å². The number of nitrogens with zero attached hydrogens (tertiary/aromatic N) is 2. The van der Waals surface area contributed by atoms with E-state index in [1.165, 1.54) is 30.5 Å². The quantitative estimate of drug-likeness (QED) is 0.217. The van der Waals surface area contributed by atoms with Crippen LogP contribution in [0.4, 0.5) is 11.4 Å². The number of hydrogen-bond donors (Lipinski definition) is 2. The molecule has 2 N–H and O–H groups in total. The summed E-state index contributed by atoms with van der Waals surface area (Å²) in [5.74, 6) is -0.494. The second-order valence-electron chi connectivity index (χ2n) is 7.85. The van der Waals surface area contributed by atoms with Gasteiger partial charge in [0.25, 0.3) is 17.5 Å². The molecule has 0 heterocycles. The molecule has 11 heteroatoms. The van der Waals surface area contributed by atoms with Crippen LogP contribution in [0, 0.1) is 24.0 Å². The summed E-state index contributed by atoms with van der Waals surface area (Å²) in [5, 5.41) is 17.8. The summed E-state index contributed by atoms with van der Waals surface area (Å²) in [4.78, 5) is 35.0. The SMILES string of the molecule is CCOc1cc(/C=N/NC(=O)c2cccc([N+](=O)[O-])c2)cc(Cl)c1OCC(=O)Nc1cccc(C)c1C. The molecule has 0 aliphatic heterocycles. The first-order valence-corrected chi connectivity index (χ1v) is 11.6. The number of nitro groups is 1. The molecule has 0 saturated carbocycles. The van der Waals surface area contributed by atoms with Crippen LogP contribution < -0.4 is 20.2 Å². The number of aryl methyl sites for hydroxylation is 1. The van der Waals surface area contributed by atoms with Crippen molar-refractivity contribution in [2.45, 2.75) is 20.8 Å². The number of carbonyl (C=O) groups is 2. The molecular weight excluding hydrogens is 500 g/mol. The molecule has 10 nitrogen and oxygen atoms in total. The van der Waals surface area contributed by atoms with E-state index in [0.717, 1.165) is 17.2 Å². The van der Waals surface area contributed by atoms with Crippen molar-refractivity contribution in [1.29, 1.82) is 0 Å². The van der Waals surface area contributed by atoms with Gasteiger partial charge < -0.3 is 14.8 Å². The highest BCUT2D eigenvalue weighted by Crippen LogP contribution is 2.36. The van der Waals surface area contributed by atoms with Crippen molar-refractivity contribution in [2.24, 2.45) is 5.10 Å². The molecule has 0 aliphatic carbocycles. The van der Waals surface area contributed by atoms with Crippen LogP contribution in [0.15, 0.2) is 59.7 Å². The minimum Gasteiger partial charge on any atom is -0.490 e. The molecule has 0 aliphatic rings. The van der Waals surface area contributed by atoms with Crippen molar-refractivity contribution in [1.82, 2.24) is 5.43 Å². The zero-order chi connectivity index (χ0) is 26.9. The number of halogens is 1. The summed E-state index contributed by atoms with van der Waals surface area (Å²) >= 11 is 6.39. The molecule has 0 atom stereocenters. The molecule has 0 saturated heterocycles. The van der Waals surface area contributed by atoms with Crippen LogP contribution in [0.5, 0.6) is 11.5 Å². The van der Waals surface area contributed by atoms with Gasteiger partial charge in [0.15, 0.2) is 18.1 Å². The van der Waals surface area contributed by atoms with Gasteiger partial charge in [0.05, 0.1) is 22.8 Å². The van der Waals surface area contributed by atoms with E-state index in [-0.39, 0.29) is 34.5 Å². The minimum atomic E-state index is -0.620. The Morgan fingerprint density at radius 2 is 1.86 bits per heavy atom. The number of ether oxygens (including phenoxy) is 2. The zero-order valence-corrected chi connectivity index (χ0v) is 21.2. The number of amides is 2. The molecule has 192 valence electrons. The van der Waals surface area contributed by atoms with Crippen molar-refractivity contribution in [2.75, 3.05) is 18.5 Å². The fraction of sp³-hybridized carbons (Fsp3) is 0.192. The van der Waals surface area contributed by atoms with Gasteiger partial charge in [-0.25, -0.2) is 5.43 Å². The first-order chi connectivity index (χ1) is 17.7. The molecule has 0 aromatic heterocycles. The van der Waals surface area contributed by atoms with Gasteiger partial charge in [-0.2, -0.15) is 5.10 Å². The van der Waals surface area contributed by atoms with E-state index < -0.39 is 10.8 Å². The molecule has 37 heavy (non-hydrogen) atoms. The van der Waals surface area contributed by atoms with Crippen molar-refractivity contribution >= 4 is 41.0 Å². The van der Waals surface area contributed by atoms with Gasteiger partial charge >= 0.3 is 0 Å². The van der Waals surface area contributed by atoms with E-state index in [4.69, 9.17) is 21.1 Å². The Labute approximate surface area is 218 Å². The largest absolute Gasteiger partial charge is 0.490 e. The Morgan fingerprint density at radius 3 is 2.59 bits per heavy atom. The van der Waals surface area contributed by atoms with Crippen LogP contribution >= 0.6 is 11.6 Å². The van der Waals surface area contributed by atoms with E-state index in [0.29, 0.717) is 23.6 Å². The van der Waals surface area contributed by atoms with Crippen LogP contribution in [-0.2, 0) is 4.79 Å². The van der Waals surface area contributed by atoms with E-state index in [1.54, 1.807) is 13.0 Å². The lowest BCUT2D eigenvalue weighted by atomic mass is 10.1. The maximum absolute atomic E-state index is 12.5. The van der Waals surface area contributed by atoms with E-state index >= 15 is 0 Å². The molecule has 3 aromatic carbocycles. The molecular formula is C26H25ClN4O6. The van der Waals surface area contributed by atoms with Crippen molar-refractivity contribution in [3.8, 4) is 11.5 Å². The Bertz CT molecular complexity index is 1360. The van der Waals surface area contributed by atoms with Crippen molar-refractivity contribution in [3.63, 3.8) is 0 Å². The van der Waals surface area contributed by atoms with Crippen LogP contribution in [0.25, 0.3) is 0 Å². The summed E-state index contributed by atoms with van der Waals surface area (Å²) in [6.07, 6.45) is 1.33. The number of hydrogen-bond acceptors (Lipinski definition) is 7. The maximum Gasteiger partial charge on any atom is 0.271 e. The Hall–Kier alpha value is -4.44. The van der Waals surface area contributed by atoms with Gasteiger partial charge in [-0.3, -0.25) is 19.7 Å². The zero-order valence-electron chi connectivity index (χ0n) is 20.4. The number of benzene rings is 3. The van der Waals surface area contributed by atoms with Gasteiger partial charge in [-0.1, -0.05) is 29.8 Å². The Balaban J connectivity index is 1.68. The number of nitro benzene ring substituents is 1. The monoisotopic (exact) mass is 524 g/mol. The fourth-order valence-electron chi connectivity index (χ4n) is 3.27. The van der Waals surface area contributed by atoms with E-state index in [2.05, 4.69) is 15.8 Å². The minimum absolute atomic E-state index is 0.0854. The second kappa shape index (κ2) is 12.5. The van der Waals surface area contributed by atoms with E-state index in [9.17, 15) is 19.7 Å². The molecule has 0 fully saturated rings. The molecule has 0 bridgehead atoms. The fourth-order valence-corrected chi connectivity index (χ4v) is 3.54. The average Bonchev–Trinajstić information content (AvgIpc) is 2.86. The molecule has 3 rings (SSSR count). The van der Waals surface area contributed by atoms with Gasteiger partial charge in [0, 0.05) is 23.4 Å².